The molecule has 2 rings (SSSR count). The van der Waals surface area contributed by atoms with Gasteiger partial charge in [0.25, 0.3) is 5.91 Å². The number of carbonyl (C=O) groups is 1. The molecule has 0 unspecified atom stereocenters. The van der Waals surface area contributed by atoms with Crippen LogP contribution in [0.1, 0.15) is 15.9 Å². The molecule has 0 aromatic heterocycles. The predicted molar refractivity (Wildman–Crippen MR) is 86.2 cm³/mol. The Hall–Kier alpha value is -1.05. The maximum atomic E-state index is 12.1. The molecule has 0 aliphatic carbocycles. The Labute approximate surface area is 130 Å². The van der Waals surface area contributed by atoms with Gasteiger partial charge < -0.3 is 5.32 Å². The Balaban J connectivity index is 1.86. The van der Waals surface area contributed by atoms with Crippen molar-refractivity contribution >= 4 is 27.7 Å². The van der Waals surface area contributed by atoms with Crippen LogP contribution in [0.3, 0.4) is 0 Å². The quantitative estimate of drug-likeness (QED) is 0.879. The van der Waals surface area contributed by atoms with Crippen LogP contribution >= 0.6 is 11.8 Å². The van der Waals surface area contributed by atoms with E-state index in [0.717, 1.165) is 17.1 Å². The van der Waals surface area contributed by atoms with Gasteiger partial charge in [0.05, 0.1) is 5.75 Å². The van der Waals surface area contributed by atoms with Crippen LogP contribution in [0.15, 0.2) is 24.3 Å². The minimum Gasteiger partial charge on any atom is -0.351 e. The second-order valence-electron chi connectivity index (χ2n) is 4.90. The van der Waals surface area contributed by atoms with Gasteiger partial charge in [-0.15, -0.1) is 0 Å². The van der Waals surface area contributed by atoms with Gasteiger partial charge in [-0.2, -0.15) is 11.8 Å². The number of amides is 1. The van der Waals surface area contributed by atoms with E-state index in [1.165, 1.54) is 4.31 Å². The predicted octanol–water partition coefficient (Wildman–Crippen LogP) is 1.10. The number of nitrogens with zero attached hydrogens (tertiary/aromatic N) is 1. The second-order valence-corrected chi connectivity index (χ2v) is 8.21. The third kappa shape index (κ3) is 4.46. The minimum atomic E-state index is -3.27. The largest absolute Gasteiger partial charge is 0.351 e. The molecule has 116 valence electrons. The molecular formula is C14H20N2O3S2. The summed E-state index contributed by atoms with van der Waals surface area (Å²) in [5.41, 5.74) is 1.47. The van der Waals surface area contributed by atoms with Gasteiger partial charge in [0, 0.05) is 36.7 Å². The summed E-state index contributed by atoms with van der Waals surface area (Å²) in [6.07, 6.45) is 0. The van der Waals surface area contributed by atoms with Crippen molar-refractivity contribution in [3.63, 3.8) is 0 Å². The molecule has 0 atom stereocenters. The van der Waals surface area contributed by atoms with E-state index in [2.05, 4.69) is 5.32 Å². The first-order chi connectivity index (χ1) is 10.0. The molecule has 5 nitrogen and oxygen atoms in total. The molecule has 21 heavy (non-hydrogen) atoms. The van der Waals surface area contributed by atoms with Gasteiger partial charge in [0.1, 0.15) is 0 Å². The van der Waals surface area contributed by atoms with E-state index in [1.807, 2.05) is 19.1 Å². The van der Waals surface area contributed by atoms with E-state index in [4.69, 9.17) is 0 Å². The molecule has 1 aliphatic rings. The third-order valence-corrected chi connectivity index (χ3v) is 6.21. The number of carbonyl (C=O) groups excluding carboxylic acids is 1. The van der Waals surface area contributed by atoms with Crippen LogP contribution in [0.5, 0.6) is 0 Å². The van der Waals surface area contributed by atoms with Gasteiger partial charge in [-0.3, -0.25) is 4.79 Å². The van der Waals surface area contributed by atoms with E-state index in [9.17, 15) is 13.2 Å². The zero-order chi connectivity index (χ0) is 15.3. The highest BCUT2D eigenvalue weighted by molar-refractivity contribution is 7.99. The van der Waals surface area contributed by atoms with Crippen molar-refractivity contribution in [1.29, 1.82) is 0 Å². The van der Waals surface area contributed by atoms with E-state index >= 15 is 0 Å². The first-order valence-corrected chi connectivity index (χ1v) is 9.66. The summed E-state index contributed by atoms with van der Waals surface area (Å²) in [4.78, 5) is 12.0. The van der Waals surface area contributed by atoms with Crippen molar-refractivity contribution in [2.24, 2.45) is 0 Å². The molecule has 1 fully saturated rings. The molecule has 1 aliphatic heterocycles. The van der Waals surface area contributed by atoms with Crippen molar-refractivity contribution in [2.75, 3.05) is 36.9 Å². The Morgan fingerprint density at radius 1 is 1.29 bits per heavy atom. The summed E-state index contributed by atoms with van der Waals surface area (Å²) in [6.45, 7) is 3.13. The summed E-state index contributed by atoms with van der Waals surface area (Å²) in [5, 5.41) is 2.69. The summed E-state index contributed by atoms with van der Waals surface area (Å²) in [6, 6.07) is 7.26. The monoisotopic (exact) mass is 328 g/mol. The lowest BCUT2D eigenvalue weighted by atomic mass is 10.1. The molecule has 0 radical (unpaired) electrons. The van der Waals surface area contributed by atoms with Gasteiger partial charge >= 0.3 is 0 Å². The first-order valence-electron chi connectivity index (χ1n) is 6.90. The zero-order valence-electron chi connectivity index (χ0n) is 12.0. The Morgan fingerprint density at radius 2 is 1.95 bits per heavy atom. The molecule has 0 saturated carbocycles. The van der Waals surface area contributed by atoms with Crippen molar-refractivity contribution in [3.05, 3.63) is 35.4 Å². The molecule has 0 bridgehead atoms. The summed E-state index contributed by atoms with van der Waals surface area (Å²) >= 11 is 1.77. The second kappa shape index (κ2) is 7.29. The van der Waals surface area contributed by atoms with Crippen molar-refractivity contribution < 1.29 is 13.2 Å². The number of rotatable bonds is 5. The maximum Gasteiger partial charge on any atom is 0.251 e. The molecule has 7 heteroatoms. The van der Waals surface area contributed by atoms with E-state index in [0.29, 0.717) is 18.7 Å². The van der Waals surface area contributed by atoms with Crippen molar-refractivity contribution in [2.45, 2.75) is 6.92 Å². The van der Waals surface area contributed by atoms with E-state index < -0.39 is 10.0 Å². The van der Waals surface area contributed by atoms with E-state index in [1.54, 1.807) is 23.9 Å². The molecule has 1 aromatic carbocycles. The molecule has 1 N–H and O–H groups in total. The molecule has 0 spiro atoms. The lowest BCUT2D eigenvalue weighted by Crippen LogP contribution is -2.41. The van der Waals surface area contributed by atoms with Crippen LogP contribution in [0.4, 0.5) is 0 Å². The van der Waals surface area contributed by atoms with Crippen LogP contribution in [-0.2, 0) is 10.0 Å². The lowest BCUT2D eigenvalue weighted by Gasteiger charge is -2.25. The molecule has 1 saturated heterocycles. The van der Waals surface area contributed by atoms with Gasteiger partial charge in [0.2, 0.25) is 10.0 Å². The number of sulfonamides is 1. The maximum absolute atomic E-state index is 12.1. The van der Waals surface area contributed by atoms with E-state index in [-0.39, 0.29) is 18.2 Å². The average molecular weight is 328 g/mol. The number of hydrogen-bond acceptors (Lipinski definition) is 4. The summed E-state index contributed by atoms with van der Waals surface area (Å²) in [5.74, 6) is 1.41. The first kappa shape index (κ1) is 16.3. The SMILES string of the molecule is Cc1ccccc1C(=O)NCCS(=O)(=O)N1CCSCC1. The zero-order valence-corrected chi connectivity index (χ0v) is 13.7. The average Bonchev–Trinajstić information content (AvgIpc) is 2.48. The smallest absolute Gasteiger partial charge is 0.251 e. The topological polar surface area (TPSA) is 66.5 Å². The summed E-state index contributed by atoms with van der Waals surface area (Å²) < 4.78 is 25.8. The van der Waals surface area contributed by atoms with Crippen LogP contribution in [0.25, 0.3) is 0 Å². The standard InChI is InChI=1S/C14H20N2O3S2/c1-12-4-2-3-5-13(12)14(17)15-6-11-21(18,19)16-7-9-20-10-8-16/h2-5H,6-11H2,1H3,(H,15,17). The molecule has 1 amide bonds. The van der Waals surface area contributed by atoms with Crippen molar-refractivity contribution in [3.8, 4) is 0 Å². The van der Waals surface area contributed by atoms with Gasteiger partial charge in [-0.05, 0) is 18.6 Å². The molecular weight excluding hydrogens is 308 g/mol. The normalized spacial score (nSPS) is 16.6. The highest BCUT2D eigenvalue weighted by atomic mass is 32.2. The Kier molecular flexibility index (Phi) is 5.66. The van der Waals surface area contributed by atoms with Gasteiger partial charge in [0.15, 0.2) is 0 Å². The number of aryl methyl sites for hydroxylation is 1. The fourth-order valence-corrected chi connectivity index (χ4v) is 4.66. The highest BCUT2D eigenvalue weighted by Crippen LogP contribution is 2.13. The highest BCUT2D eigenvalue weighted by Gasteiger charge is 2.23. The molecule has 1 heterocycles. The summed E-state index contributed by atoms with van der Waals surface area (Å²) in [7, 11) is -3.27. The Bertz CT molecular complexity index is 596. The van der Waals surface area contributed by atoms with Gasteiger partial charge in [-0.25, -0.2) is 12.7 Å². The lowest BCUT2D eigenvalue weighted by molar-refractivity contribution is 0.0955. The fraction of sp³-hybridized carbons (Fsp3) is 0.500. The van der Waals surface area contributed by atoms with Crippen LogP contribution in [0.2, 0.25) is 0 Å². The number of nitrogens with one attached hydrogen (secondary N) is 1. The fourth-order valence-electron chi connectivity index (χ4n) is 2.17. The van der Waals surface area contributed by atoms with Crippen molar-refractivity contribution in [1.82, 2.24) is 9.62 Å². The van der Waals surface area contributed by atoms with Crippen LogP contribution in [-0.4, -0.2) is 55.5 Å². The van der Waals surface area contributed by atoms with Crippen LogP contribution < -0.4 is 5.32 Å². The number of thioether (sulfide) groups is 1. The number of hydrogen-bond donors (Lipinski definition) is 1. The molecule has 1 aromatic rings. The minimum absolute atomic E-state index is 0.0463. The number of benzene rings is 1. The Morgan fingerprint density at radius 3 is 2.62 bits per heavy atom. The van der Waals surface area contributed by atoms with Gasteiger partial charge in [-0.1, -0.05) is 18.2 Å². The van der Waals surface area contributed by atoms with Crippen LogP contribution in [0, 0.1) is 6.92 Å². The third-order valence-electron chi connectivity index (χ3n) is 3.40.